The zero-order chi connectivity index (χ0) is 17.2. The number of nitrogens with zero attached hydrogens (tertiary/aromatic N) is 1. The molecule has 0 amide bonds. The lowest BCUT2D eigenvalue weighted by molar-refractivity contribution is 0.590. The number of aryl methyl sites for hydroxylation is 2. The summed E-state index contributed by atoms with van der Waals surface area (Å²) in [6.45, 7) is 6.42. The number of sulfonamides is 1. The van der Waals surface area contributed by atoms with E-state index in [2.05, 4.69) is 45.2 Å². The van der Waals surface area contributed by atoms with Crippen molar-refractivity contribution in [3.63, 3.8) is 0 Å². The molecule has 0 bridgehead atoms. The monoisotopic (exact) mass is 555 g/mol. The van der Waals surface area contributed by atoms with Gasteiger partial charge in [-0.3, -0.25) is 4.31 Å². The molecule has 0 spiro atoms. The number of halogens is 2. The van der Waals surface area contributed by atoms with Crippen LogP contribution in [-0.2, 0) is 10.0 Å². The lowest BCUT2D eigenvalue weighted by atomic mass is 10.2. The Balaban J connectivity index is 2.52. The lowest BCUT2D eigenvalue weighted by Gasteiger charge is -2.26. The number of alkyl halides is 1. The molecule has 0 fully saturated rings. The summed E-state index contributed by atoms with van der Waals surface area (Å²) in [6, 6.07) is 12.8. The molecule has 2 aromatic carbocycles. The summed E-state index contributed by atoms with van der Waals surface area (Å²) in [5, 5.41) is 0. The maximum atomic E-state index is 13.1. The van der Waals surface area contributed by atoms with Crippen LogP contribution in [0, 0.1) is 17.4 Å². The highest BCUT2D eigenvalue weighted by atomic mass is 127. The lowest BCUT2D eigenvalue weighted by Crippen LogP contribution is -2.35. The molecule has 0 heterocycles. The highest BCUT2D eigenvalue weighted by Crippen LogP contribution is 2.28. The Labute approximate surface area is 165 Å². The molecule has 0 aliphatic carbocycles. The fourth-order valence-corrected chi connectivity index (χ4v) is 4.85. The highest BCUT2D eigenvalue weighted by molar-refractivity contribution is 14.1. The number of anilines is 1. The molecule has 0 radical (unpaired) electrons. The van der Waals surface area contributed by atoms with Gasteiger partial charge in [-0.1, -0.05) is 53.3 Å². The minimum Gasteiger partial charge on any atom is -0.265 e. The molecule has 0 saturated heterocycles. The van der Waals surface area contributed by atoms with Gasteiger partial charge in [0, 0.05) is 14.0 Å². The van der Waals surface area contributed by atoms with Crippen LogP contribution in [0.3, 0.4) is 0 Å². The topological polar surface area (TPSA) is 37.4 Å². The van der Waals surface area contributed by atoms with Crippen molar-refractivity contribution in [1.82, 2.24) is 0 Å². The first-order chi connectivity index (χ1) is 10.7. The predicted molar refractivity (Wildman–Crippen MR) is 113 cm³/mol. The molecule has 0 aromatic heterocycles. The SMILES string of the molecule is Cc1ccc(S(=O)(=O)N(CC(C)I)c2ccc(C)c(I)c2)cc1. The molecular weight excluding hydrogens is 536 g/mol. The highest BCUT2D eigenvalue weighted by Gasteiger charge is 2.26. The van der Waals surface area contributed by atoms with Gasteiger partial charge >= 0.3 is 0 Å². The molecule has 1 unspecified atom stereocenters. The van der Waals surface area contributed by atoms with E-state index in [-0.39, 0.29) is 3.92 Å². The summed E-state index contributed by atoms with van der Waals surface area (Å²) in [4.78, 5) is 0.329. The third-order valence-electron chi connectivity index (χ3n) is 3.47. The summed E-state index contributed by atoms with van der Waals surface area (Å²) in [5.74, 6) is 0. The Bertz CT molecular complexity index is 787. The molecule has 0 aliphatic rings. The Kier molecular flexibility index (Phi) is 6.35. The molecular formula is C17H19I2NO2S. The summed E-state index contributed by atoms with van der Waals surface area (Å²) in [6.07, 6.45) is 0. The van der Waals surface area contributed by atoms with Crippen LogP contribution >= 0.6 is 45.2 Å². The van der Waals surface area contributed by atoms with Crippen molar-refractivity contribution in [2.45, 2.75) is 29.6 Å². The number of hydrogen-bond donors (Lipinski definition) is 0. The standard InChI is InChI=1S/C17H19I2NO2S/c1-12-4-8-16(9-5-12)23(21,22)20(11-14(3)18)15-7-6-13(2)17(19)10-15/h4-10,14H,11H2,1-3H3. The van der Waals surface area contributed by atoms with Crippen LogP contribution in [0.2, 0.25) is 0 Å². The van der Waals surface area contributed by atoms with Crippen molar-refractivity contribution in [1.29, 1.82) is 0 Å². The Morgan fingerprint density at radius 2 is 1.70 bits per heavy atom. The van der Waals surface area contributed by atoms with Crippen LogP contribution in [0.5, 0.6) is 0 Å². The van der Waals surface area contributed by atoms with Crippen molar-refractivity contribution >= 4 is 60.9 Å². The van der Waals surface area contributed by atoms with Gasteiger partial charge in [-0.25, -0.2) is 8.42 Å². The van der Waals surface area contributed by atoms with Crippen LogP contribution < -0.4 is 4.31 Å². The number of rotatable bonds is 5. The third kappa shape index (κ3) is 4.60. The van der Waals surface area contributed by atoms with E-state index in [1.807, 2.05) is 51.1 Å². The van der Waals surface area contributed by atoms with Crippen molar-refractivity contribution in [3.8, 4) is 0 Å². The Hall–Kier alpha value is -0.350. The van der Waals surface area contributed by atoms with E-state index in [9.17, 15) is 8.42 Å². The summed E-state index contributed by atoms with van der Waals surface area (Å²) in [5.41, 5.74) is 2.90. The average molecular weight is 555 g/mol. The van der Waals surface area contributed by atoms with Crippen LogP contribution in [0.4, 0.5) is 5.69 Å². The van der Waals surface area contributed by atoms with E-state index in [0.717, 1.165) is 14.7 Å². The van der Waals surface area contributed by atoms with E-state index in [1.165, 1.54) is 4.31 Å². The maximum absolute atomic E-state index is 13.1. The van der Waals surface area contributed by atoms with Gasteiger partial charge in [0.05, 0.1) is 10.6 Å². The molecule has 3 nitrogen and oxygen atoms in total. The van der Waals surface area contributed by atoms with Gasteiger partial charge < -0.3 is 0 Å². The second kappa shape index (κ2) is 7.69. The fourth-order valence-electron chi connectivity index (χ4n) is 2.15. The van der Waals surface area contributed by atoms with Crippen LogP contribution in [0.15, 0.2) is 47.4 Å². The van der Waals surface area contributed by atoms with Gasteiger partial charge in [-0.15, -0.1) is 0 Å². The molecule has 0 N–H and O–H groups in total. The molecule has 2 aromatic rings. The average Bonchev–Trinajstić information content (AvgIpc) is 2.48. The number of hydrogen-bond acceptors (Lipinski definition) is 2. The van der Waals surface area contributed by atoms with Gasteiger partial charge in [0.1, 0.15) is 0 Å². The zero-order valence-corrected chi connectivity index (χ0v) is 18.4. The van der Waals surface area contributed by atoms with Gasteiger partial charge in [-0.2, -0.15) is 0 Å². The van der Waals surface area contributed by atoms with Crippen LogP contribution in [0.1, 0.15) is 18.1 Å². The van der Waals surface area contributed by atoms with E-state index >= 15 is 0 Å². The van der Waals surface area contributed by atoms with E-state index in [1.54, 1.807) is 12.1 Å². The Morgan fingerprint density at radius 1 is 1.09 bits per heavy atom. The van der Waals surface area contributed by atoms with Gasteiger partial charge in [0.25, 0.3) is 10.0 Å². The van der Waals surface area contributed by atoms with Gasteiger partial charge in [0.15, 0.2) is 0 Å². The zero-order valence-electron chi connectivity index (χ0n) is 13.3. The Morgan fingerprint density at radius 3 is 2.22 bits per heavy atom. The molecule has 6 heteroatoms. The normalized spacial score (nSPS) is 12.9. The maximum Gasteiger partial charge on any atom is 0.264 e. The molecule has 124 valence electrons. The summed E-state index contributed by atoms with van der Waals surface area (Å²) < 4.78 is 29.0. The molecule has 0 aliphatic heterocycles. The summed E-state index contributed by atoms with van der Waals surface area (Å²) in [7, 11) is -3.57. The first-order valence-corrected chi connectivity index (χ1v) is 11.0. The minimum absolute atomic E-state index is 0.201. The molecule has 0 saturated carbocycles. The van der Waals surface area contributed by atoms with Gasteiger partial charge in [0.2, 0.25) is 0 Å². The predicted octanol–water partition coefficient (Wildman–Crippen LogP) is 4.93. The van der Waals surface area contributed by atoms with E-state index in [0.29, 0.717) is 17.1 Å². The van der Waals surface area contributed by atoms with Crippen molar-refractivity contribution in [3.05, 3.63) is 57.2 Å². The second-order valence-corrected chi connectivity index (χ2v) is 10.7. The molecule has 23 heavy (non-hydrogen) atoms. The largest absolute Gasteiger partial charge is 0.265 e. The summed E-state index contributed by atoms with van der Waals surface area (Å²) >= 11 is 4.50. The fraction of sp³-hybridized carbons (Fsp3) is 0.294. The van der Waals surface area contributed by atoms with E-state index < -0.39 is 10.0 Å². The molecule has 2 rings (SSSR count). The van der Waals surface area contributed by atoms with Crippen molar-refractivity contribution in [2.75, 3.05) is 10.8 Å². The van der Waals surface area contributed by atoms with Crippen molar-refractivity contribution in [2.24, 2.45) is 0 Å². The van der Waals surface area contributed by atoms with Crippen LogP contribution in [-0.4, -0.2) is 18.9 Å². The quantitative estimate of drug-likeness (QED) is 0.388. The van der Waals surface area contributed by atoms with Crippen molar-refractivity contribution < 1.29 is 8.42 Å². The van der Waals surface area contributed by atoms with Gasteiger partial charge in [-0.05, 0) is 66.3 Å². The first kappa shape index (κ1) is 19.0. The first-order valence-electron chi connectivity index (χ1n) is 7.21. The smallest absolute Gasteiger partial charge is 0.264 e. The minimum atomic E-state index is -3.57. The second-order valence-electron chi connectivity index (χ2n) is 5.56. The van der Waals surface area contributed by atoms with E-state index in [4.69, 9.17) is 0 Å². The van der Waals surface area contributed by atoms with Crippen LogP contribution in [0.25, 0.3) is 0 Å². The third-order valence-corrected chi connectivity index (χ3v) is 6.83. The molecule has 1 atom stereocenters. The number of benzene rings is 2.